The molecule has 2 rings (SSSR count). The van der Waals surface area contributed by atoms with Crippen LogP contribution in [0.25, 0.3) is 0 Å². The van der Waals surface area contributed by atoms with Crippen molar-refractivity contribution >= 4 is 17.5 Å². The maximum Gasteiger partial charge on any atom is 0.221 e. The Kier molecular flexibility index (Phi) is 4.19. The third kappa shape index (κ3) is 3.81. The molecule has 19 heavy (non-hydrogen) atoms. The lowest BCUT2D eigenvalue weighted by atomic mass is 10.0. The zero-order chi connectivity index (χ0) is 13.8. The van der Waals surface area contributed by atoms with E-state index in [4.69, 9.17) is 5.73 Å². The fraction of sp³-hybridized carbons (Fsp3) is 0.615. The van der Waals surface area contributed by atoms with Gasteiger partial charge in [-0.3, -0.25) is 4.79 Å². The average Bonchev–Trinajstić information content (AvgIpc) is 3.12. The summed E-state index contributed by atoms with van der Waals surface area (Å²) in [4.78, 5) is 19.8. The summed E-state index contributed by atoms with van der Waals surface area (Å²) in [5, 5.41) is 6.12. The van der Waals surface area contributed by atoms with Crippen molar-refractivity contribution in [2.75, 3.05) is 17.6 Å². The zero-order valence-corrected chi connectivity index (χ0v) is 11.4. The molecule has 1 aliphatic rings. The average molecular weight is 263 g/mol. The van der Waals surface area contributed by atoms with E-state index >= 15 is 0 Å². The predicted octanol–water partition coefficient (Wildman–Crippen LogP) is 1.26. The fourth-order valence-corrected chi connectivity index (χ4v) is 1.94. The molecule has 0 atom stereocenters. The van der Waals surface area contributed by atoms with Crippen LogP contribution in [0.2, 0.25) is 0 Å². The van der Waals surface area contributed by atoms with Crippen LogP contribution < -0.4 is 16.4 Å². The van der Waals surface area contributed by atoms with Gasteiger partial charge in [-0.1, -0.05) is 13.8 Å². The molecule has 0 bridgehead atoms. The number of amides is 1. The minimum absolute atomic E-state index is 0.0862. The Morgan fingerprint density at radius 2 is 2.21 bits per heavy atom. The van der Waals surface area contributed by atoms with Crippen LogP contribution in [0.5, 0.6) is 0 Å². The molecule has 1 fully saturated rings. The number of nitrogens with two attached hydrogens (primary N) is 1. The number of hydrogen-bond acceptors (Lipinski definition) is 5. The molecule has 6 nitrogen and oxygen atoms in total. The largest absolute Gasteiger partial charge is 0.383 e. The van der Waals surface area contributed by atoms with Gasteiger partial charge in [-0.25, -0.2) is 9.97 Å². The first-order chi connectivity index (χ1) is 9.08. The van der Waals surface area contributed by atoms with Crippen molar-refractivity contribution in [2.45, 2.75) is 45.1 Å². The highest BCUT2D eigenvalue weighted by atomic mass is 16.1. The van der Waals surface area contributed by atoms with E-state index in [-0.39, 0.29) is 11.8 Å². The van der Waals surface area contributed by atoms with Crippen LogP contribution in [0.4, 0.5) is 11.6 Å². The Morgan fingerprint density at radius 3 is 2.84 bits per heavy atom. The SMILES string of the molecule is CC(C)c1c(N)ncnc1NCCC(=O)NC1CC1. The summed E-state index contributed by atoms with van der Waals surface area (Å²) in [6, 6.07) is 0.411. The molecule has 1 aromatic heterocycles. The molecule has 104 valence electrons. The molecule has 0 aromatic carbocycles. The van der Waals surface area contributed by atoms with Gasteiger partial charge in [0.2, 0.25) is 5.91 Å². The fourth-order valence-electron chi connectivity index (χ4n) is 1.94. The van der Waals surface area contributed by atoms with Crippen LogP contribution in [-0.2, 0) is 4.79 Å². The van der Waals surface area contributed by atoms with Crippen molar-refractivity contribution in [3.05, 3.63) is 11.9 Å². The van der Waals surface area contributed by atoms with Crippen molar-refractivity contribution in [1.82, 2.24) is 15.3 Å². The second-order valence-corrected chi connectivity index (χ2v) is 5.19. The van der Waals surface area contributed by atoms with E-state index in [1.165, 1.54) is 6.33 Å². The first-order valence-corrected chi connectivity index (χ1v) is 6.71. The lowest BCUT2D eigenvalue weighted by Gasteiger charge is -2.14. The minimum Gasteiger partial charge on any atom is -0.383 e. The Hall–Kier alpha value is -1.85. The van der Waals surface area contributed by atoms with Gasteiger partial charge in [-0.15, -0.1) is 0 Å². The summed E-state index contributed by atoms with van der Waals surface area (Å²) in [6.45, 7) is 4.63. The molecule has 1 aromatic rings. The third-order valence-corrected chi connectivity index (χ3v) is 3.08. The Bertz CT molecular complexity index is 456. The first-order valence-electron chi connectivity index (χ1n) is 6.71. The van der Waals surface area contributed by atoms with Gasteiger partial charge in [-0.2, -0.15) is 0 Å². The van der Waals surface area contributed by atoms with Crippen LogP contribution in [-0.4, -0.2) is 28.5 Å². The zero-order valence-electron chi connectivity index (χ0n) is 11.4. The van der Waals surface area contributed by atoms with Crippen molar-refractivity contribution < 1.29 is 4.79 Å². The van der Waals surface area contributed by atoms with E-state index in [1.807, 2.05) is 13.8 Å². The van der Waals surface area contributed by atoms with E-state index in [9.17, 15) is 4.79 Å². The number of nitrogens with zero attached hydrogens (tertiary/aromatic N) is 2. The topological polar surface area (TPSA) is 92.9 Å². The molecule has 6 heteroatoms. The van der Waals surface area contributed by atoms with E-state index in [0.717, 1.165) is 24.2 Å². The lowest BCUT2D eigenvalue weighted by Crippen LogP contribution is -2.27. The Balaban J connectivity index is 1.88. The highest BCUT2D eigenvalue weighted by molar-refractivity contribution is 5.77. The van der Waals surface area contributed by atoms with Crippen LogP contribution in [0, 0.1) is 0 Å². The molecular weight excluding hydrogens is 242 g/mol. The van der Waals surface area contributed by atoms with Gasteiger partial charge in [0.25, 0.3) is 0 Å². The van der Waals surface area contributed by atoms with Crippen LogP contribution in [0.15, 0.2) is 6.33 Å². The molecule has 1 aliphatic carbocycles. The first kappa shape index (κ1) is 13.6. The molecular formula is C13H21N5O. The number of rotatable bonds is 6. The standard InChI is InChI=1S/C13H21N5O/c1-8(2)11-12(14)16-7-17-13(11)15-6-5-10(19)18-9-3-4-9/h7-9H,3-6H2,1-2H3,(H,18,19)(H3,14,15,16,17). The predicted molar refractivity (Wildman–Crippen MR) is 74.8 cm³/mol. The van der Waals surface area contributed by atoms with Crippen molar-refractivity contribution in [2.24, 2.45) is 0 Å². The summed E-state index contributed by atoms with van der Waals surface area (Å²) in [6.07, 6.45) is 4.10. The second-order valence-electron chi connectivity index (χ2n) is 5.19. The number of nitrogens with one attached hydrogen (secondary N) is 2. The van der Waals surface area contributed by atoms with Crippen LogP contribution >= 0.6 is 0 Å². The van der Waals surface area contributed by atoms with Gasteiger partial charge in [0.15, 0.2) is 0 Å². The quantitative estimate of drug-likeness (QED) is 0.718. The monoisotopic (exact) mass is 263 g/mol. The van der Waals surface area contributed by atoms with Gasteiger partial charge >= 0.3 is 0 Å². The number of nitrogen functional groups attached to an aromatic ring is 1. The molecule has 0 saturated heterocycles. The van der Waals surface area contributed by atoms with Gasteiger partial charge in [0.1, 0.15) is 18.0 Å². The maximum absolute atomic E-state index is 11.6. The lowest BCUT2D eigenvalue weighted by molar-refractivity contribution is -0.120. The number of carbonyl (C=O) groups is 1. The van der Waals surface area contributed by atoms with Crippen molar-refractivity contribution in [3.63, 3.8) is 0 Å². The number of aromatic nitrogens is 2. The van der Waals surface area contributed by atoms with E-state index in [0.29, 0.717) is 24.8 Å². The molecule has 0 aliphatic heterocycles. The van der Waals surface area contributed by atoms with Crippen molar-refractivity contribution in [3.8, 4) is 0 Å². The highest BCUT2D eigenvalue weighted by Gasteiger charge is 2.22. The van der Waals surface area contributed by atoms with Gasteiger partial charge < -0.3 is 16.4 Å². The number of anilines is 2. The number of carbonyl (C=O) groups excluding carboxylic acids is 1. The molecule has 1 saturated carbocycles. The highest BCUT2D eigenvalue weighted by Crippen LogP contribution is 2.26. The second kappa shape index (κ2) is 5.86. The molecule has 0 radical (unpaired) electrons. The van der Waals surface area contributed by atoms with Crippen LogP contribution in [0.3, 0.4) is 0 Å². The van der Waals surface area contributed by atoms with Gasteiger partial charge in [-0.05, 0) is 18.8 Å². The normalized spacial score (nSPS) is 14.5. The molecule has 0 unspecified atom stereocenters. The van der Waals surface area contributed by atoms with Gasteiger partial charge in [0.05, 0.1) is 0 Å². The van der Waals surface area contributed by atoms with E-state index < -0.39 is 0 Å². The summed E-state index contributed by atoms with van der Waals surface area (Å²) in [5.41, 5.74) is 6.77. The Labute approximate surface area is 113 Å². The number of hydrogen-bond donors (Lipinski definition) is 3. The molecule has 1 heterocycles. The molecule has 0 spiro atoms. The van der Waals surface area contributed by atoms with E-state index in [2.05, 4.69) is 20.6 Å². The molecule has 1 amide bonds. The van der Waals surface area contributed by atoms with Crippen LogP contribution in [0.1, 0.15) is 44.6 Å². The third-order valence-electron chi connectivity index (χ3n) is 3.08. The van der Waals surface area contributed by atoms with E-state index in [1.54, 1.807) is 0 Å². The smallest absolute Gasteiger partial charge is 0.221 e. The molecule has 4 N–H and O–H groups in total. The summed E-state index contributed by atoms with van der Waals surface area (Å²) in [7, 11) is 0. The summed E-state index contributed by atoms with van der Waals surface area (Å²) in [5.74, 6) is 1.55. The summed E-state index contributed by atoms with van der Waals surface area (Å²) >= 11 is 0. The maximum atomic E-state index is 11.6. The Morgan fingerprint density at radius 1 is 1.47 bits per heavy atom. The van der Waals surface area contributed by atoms with Crippen molar-refractivity contribution in [1.29, 1.82) is 0 Å². The van der Waals surface area contributed by atoms with Gasteiger partial charge in [0, 0.05) is 24.6 Å². The summed E-state index contributed by atoms with van der Waals surface area (Å²) < 4.78 is 0. The minimum atomic E-state index is 0.0862.